The van der Waals surface area contributed by atoms with Crippen LogP contribution in [-0.2, 0) is 16.1 Å². The maximum Gasteiger partial charge on any atom is 0.263 e. The van der Waals surface area contributed by atoms with Crippen molar-refractivity contribution in [2.24, 2.45) is 10.3 Å². The monoisotopic (exact) mass is 454 g/mol. The highest BCUT2D eigenvalue weighted by Gasteiger charge is 2.55. The number of fused-ring (bicyclic) bond motifs is 1. The summed E-state index contributed by atoms with van der Waals surface area (Å²) in [5.41, 5.74) is 1.27. The minimum atomic E-state index is -0.885. The van der Waals surface area contributed by atoms with Gasteiger partial charge < -0.3 is 4.52 Å². The third kappa shape index (κ3) is 3.47. The molecule has 1 fully saturated rings. The zero-order valence-corrected chi connectivity index (χ0v) is 17.7. The van der Waals surface area contributed by atoms with E-state index in [1.807, 2.05) is 18.4 Å². The van der Waals surface area contributed by atoms with Crippen LogP contribution in [0.4, 0.5) is 5.69 Å². The number of anilines is 1. The molecule has 0 bridgehead atoms. The van der Waals surface area contributed by atoms with Crippen molar-refractivity contribution >= 4 is 40.9 Å². The second-order valence-electron chi connectivity index (χ2n) is 6.92. The fourth-order valence-corrected chi connectivity index (χ4v) is 4.11. The van der Waals surface area contributed by atoms with E-state index in [-0.39, 0.29) is 18.3 Å². The van der Waals surface area contributed by atoms with Gasteiger partial charge in [0.15, 0.2) is 12.1 Å². The van der Waals surface area contributed by atoms with Gasteiger partial charge in [0.1, 0.15) is 6.54 Å². The van der Waals surface area contributed by atoms with Crippen LogP contribution in [0.2, 0.25) is 5.02 Å². The van der Waals surface area contributed by atoms with Crippen molar-refractivity contribution in [3.05, 3.63) is 59.4 Å². The van der Waals surface area contributed by atoms with E-state index in [9.17, 15) is 9.59 Å². The van der Waals surface area contributed by atoms with Gasteiger partial charge in [-0.25, -0.2) is 4.90 Å². The van der Waals surface area contributed by atoms with Crippen molar-refractivity contribution in [1.82, 2.24) is 15.1 Å². The molecule has 0 unspecified atom stereocenters. The highest BCUT2D eigenvalue weighted by atomic mass is 35.5. The molecule has 156 valence electrons. The molecule has 2 amide bonds. The average Bonchev–Trinajstić information content (AvgIpc) is 3.47. The normalized spacial score (nSPS) is 20.1. The highest BCUT2D eigenvalue weighted by Crippen LogP contribution is 2.34. The Kier molecular flexibility index (Phi) is 4.95. The topological polar surface area (TPSA) is 104 Å². The minimum Gasteiger partial charge on any atom is -0.337 e. The number of benzene rings is 2. The van der Waals surface area contributed by atoms with E-state index >= 15 is 0 Å². The van der Waals surface area contributed by atoms with E-state index in [4.69, 9.17) is 16.1 Å². The predicted octanol–water partition coefficient (Wildman–Crippen LogP) is 3.61. The first kappa shape index (κ1) is 19.7. The summed E-state index contributed by atoms with van der Waals surface area (Å²) >= 11 is 7.44. The average molecular weight is 455 g/mol. The third-order valence-corrected chi connectivity index (χ3v) is 6.01. The first-order valence-corrected chi connectivity index (χ1v) is 10.9. The van der Waals surface area contributed by atoms with Crippen LogP contribution in [0.25, 0.3) is 11.4 Å². The van der Waals surface area contributed by atoms with Gasteiger partial charge in [-0.2, -0.15) is 10.1 Å². The Morgan fingerprint density at radius 2 is 1.94 bits per heavy atom. The summed E-state index contributed by atoms with van der Waals surface area (Å²) in [5.74, 6) is -0.126. The number of amides is 2. The van der Waals surface area contributed by atoms with Gasteiger partial charge in [0.2, 0.25) is 11.7 Å². The van der Waals surface area contributed by atoms with Gasteiger partial charge in [-0.15, -0.1) is 11.8 Å². The van der Waals surface area contributed by atoms with E-state index in [1.165, 1.54) is 21.7 Å². The van der Waals surface area contributed by atoms with Gasteiger partial charge >= 0.3 is 0 Å². The number of carbonyl (C=O) groups is 2. The van der Waals surface area contributed by atoms with E-state index in [1.54, 1.807) is 36.4 Å². The Morgan fingerprint density at radius 1 is 1.13 bits per heavy atom. The smallest absolute Gasteiger partial charge is 0.263 e. The van der Waals surface area contributed by atoms with Crippen molar-refractivity contribution < 1.29 is 14.1 Å². The number of nitrogens with zero attached hydrogens (tertiary/aromatic N) is 6. The molecule has 5 rings (SSSR count). The van der Waals surface area contributed by atoms with E-state index < -0.39 is 18.0 Å². The molecule has 2 aliphatic rings. The fourth-order valence-electron chi connectivity index (χ4n) is 3.53. The summed E-state index contributed by atoms with van der Waals surface area (Å²) in [6.07, 6.45) is 1.93. The SMILES string of the molecule is CSc1cccc(N2C(=O)[C@@H]3N=NN(Cc4nc(-c5ccc(Cl)cc5)no4)[C@H]3C2=O)c1. The van der Waals surface area contributed by atoms with Gasteiger partial charge in [0.25, 0.3) is 11.8 Å². The molecule has 0 saturated carbocycles. The summed E-state index contributed by atoms with van der Waals surface area (Å²) in [6.45, 7) is 0.0585. The molecule has 1 saturated heterocycles. The quantitative estimate of drug-likeness (QED) is 0.428. The maximum absolute atomic E-state index is 13.1. The Labute approximate surface area is 186 Å². The standard InChI is InChI=1S/C20H15ClN6O3S/c1-31-14-4-2-3-13(9-14)27-19(28)16-17(20(27)29)26(25-23-16)10-15-22-18(24-30-15)11-5-7-12(21)8-6-11/h2-9,16-17H,10H2,1H3/t16-,17-/m1/s1. The van der Waals surface area contributed by atoms with E-state index in [0.29, 0.717) is 16.5 Å². The maximum atomic E-state index is 13.1. The summed E-state index contributed by atoms with van der Waals surface area (Å²) in [5, 5.41) is 14.0. The molecule has 11 heteroatoms. The Hall–Kier alpha value is -3.24. The molecule has 1 aromatic heterocycles. The van der Waals surface area contributed by atoms with Gasteiger partial charge in [-0.1, -0.05) is 28.0 Å². The van der Waals surface area contributed by atoms with Crippen LogP contribution in [0.5, 0.6) is 0 Å². The zero-order chi connectivity index (χ0) is 21.5. The van der Waals surface area contributed by atoms with Gasteiger partial charge in [-0.3, -0.25) is 14.6 Å². The molecular formula is C20H15ClN6O3S. The number of halogens is 1. The lowest BCUT2D eigenvalue weighted by atomic mass is 10.1. The van der Waals surface area contributed by atoms with Gasteiger partial charge in [0, 0.05) is 15.5 Å². The van der Waals surface area contributed by atoms with Gasteiger partial charge in [0.05, 0.1) is 5.69 Å². The first-order valence-electron chi connectivity index (χ1n) is 9.33. The molecule has 0 spiro atoms. The lowest BCUT2D eigenvalue weighted by molar-refractivity contribution is -0.123. The Balaban J connectivity index is 1.36. The molecular weight excluding hydrogens is 440 g/mol. The fraction of sp³-hybridized carbons (Fsp3) is 0.200. The molecule has 2 atom stereocenters. The number of carbonyl (C=O) groups excluding carboxylic acids is 2. The van der Waals surface area contributed by atoms with Crippen LogP contribution >= 0.6 is 23.4 Å². The van der Waals surface area contributed by atoms with Crippen molar-refractivity contribution in [3.8, 4) is 11.4 Å². The Morgan fingerprint density at radius 3 is 2.71 bits per heavy atom. The Bertz CT molecular complexity index is 1200. The lowest BCUT2D eigenvalue weighted by Gasteiger charge is -2.19. The van der Waals surface area contributed by atoms with Crippen molar-refractivity contribution in [2.45, 2.75) is 23.5 Å². The molecule has 2 aliphatic heterocycles. The summed E-state index contributed by atoms with van der Waals surface area (Å²) < 4.78 is 5.31. The molecule has 2 aromatic carbocycles. The molecule has 9 nitrogen and oxygen atoms in total. The van der Waals surface area contributed by atoms with Crippen LogP contribution in [0, 0.1) is 0 Å². The van der Waals surface area contributed by atoms with Gasteiger partial charge in [-0.05, 0) is 48.7 Å². The molecule has 0 N–H and O–H groups in total. The van der Waals surface area contributed by atoms with Crippen LogP contribution in [0.15, 0.2) is 68.3 Å². The molecule has 31 heavy (non-hydrogen) atoms. The molecule has 0 radical (unpaired) electrons. The number of aromatic nitrogens is 2. The number of rotatable bonds is 5. The summed E-state index contributed by atoms with van der Waals surface area (Å²) in [4.78, 5) is 32.5. The van der Waals surface area contributed by atoms with E-state index in [0.717, 1.165) is 10.5 Å². The third-order valence-electron chi connectivity index (χ3n) is 5.04. The van der Waals surface area contributed by atoms with Crippen LogP contribution in [0.3, 0.4) is 0 Å². The predicted molar refractivity (Wildman–Crippen MR) is 113 cm³/mol. The molecule has 3 heterocycles. The number of thioether (sulfide) groups is 1. The minimum absolute atomic E-state index is 0.0585. The zero-order valence-electron chi connectivity index (χ0n) is 16.2. The van der Waals surface area contributed by atoms with Crippen molar-refractivity contribution in [1.29, 1.82) is 0 Å². The summed E-state index contributed by atoms with van der Waals surface area (Å²) in [6, 6.07) is 12.6. The van der Waals surface area contributed by atoms with Crippen LogP contribution in [-0.4, -0.2) is 45.3 Å². The van der Waals surface area contributed by atoms with Crippen LogP contribution in [0.1, 0.15) is 5.89 Å². The van der Waals surface area contributed by atoms with Crippen molar-refractivity contribution in [2.75, 3.05) is 11.2 Å². The second-order valence-corrected chi connectivity index (χ2v) is 8.24. The van der Waals surface area contributed by atoms with Crippen LogP contribution < -0.4 is 4.90 Å². The number of hydrogen-bond acceptors (Lipinski definition) is 9. The first-order chi connectivity index (χ1) is 15.0. The molecule has 0 aliphatic carbocycles. The largest absolute Gasteiger partial charge is 0.337 e. The highest BCUT2D eigenvalue weighted by molar-refractivity contribution is 7.98. The molecule has 3 aromatic rings. The van der Waals surface area contributed by atoms with Crippen molar-refractivity contribution in [3.63, 3.8) is 0 Å². The lowest BCUT2D eigenvalue weighted by Crippen LogP contribution is -2.39. The van der Waals surface area contributed by atoms with E-state index in [2.05, 4.69) is 20.5 Å². The number of hydrogen-bond donors (Lipinski definition) is 0. The second kappa shape index (κ2) is 7.78. The summed E-state index contributed by atoms with van der Waals surface area (Å²) in [7, 11) is 0. The number of imide groups is 1.